The highest BCUT2D eigenvalue weighted by Gasteiger charge is 2.38. The number of nitrogens with one attached hydrogen (secondary N) is 1. The maximum atomic E-state index is 12.0. The van der Waals surface area contributed by atoms with Crippen LogP contribution in [0, 0.1) is 0 Å². The quantitative estimate of drug-likeness (QED) is 0.640. The maximum absolute atomic E-state index is 12.0. The van der Waals surface area contributed by atoms with Crippen LogP contribution in [0.3, 0.4) is 0 Å². The number of benzene rings is 1. The molecule has 22 heavy (non-hydrogen) atoms. The zero-order valence-electron chi connectivity index (χ0n) is 11.8. The van der Waals surface area contributed by atoms with E-state index in [1.54, 1.807) is 12.1 Å². The molecule has 1 aliphatic heterocycles. The number of imide groups is 1. The molecule has 0 bridgehead atoms. The number of methoxy groups -OCH3 is 1. The molecule has 0 spiro atoms. The highest BCUT2D eigenvalue weighted by molar-refractivity contribution is 6.20. The number of alkyl carbamates (subject to hydrolysis) is 1. The minimum absolute atomic E-state index is 0.0581. The molecule has 2 rings (SSSR count). The highest BCUT2D eigenvalue weighted by Crippen LogP contribution is 2.22. The number of carbonyl (C=O) groups is 4. The van der Waals surface area contributed by atoms with Crippen LogP contribution < -0.4 is 5.32 Å². The second kappa shape index (κ2) is 6.70. The number of amides is 3. The van der Waals surface area contributed by atoms with Crippen molar-refractivity contribution in [1.82, 2.24) is 10.4 Å². The summed E-state index contributed by atoms with van der Waals surface area (Å²) in [6.45, 7) is 0.212. The van der Waals surface area contributed by atoms with E-state index >= 15 is 0 Å². The molecule has 1 aromatic carbocycles. The molecule has 0 aromatic heterocycles. The average molecular weight is 306 g/mol. The fourth-order valence-electron chi connectivity index (χ4n) is 1.89. The zero-order chi connectivity index (χ0) is 16.1. The fraction of sp³-hybridized carbons (Fsp3) is 0.286. The first kappa shape index (κ1) is 15.5. The van der Waals surface area contributed by atoms with Crippen LogP contribution in [-0.2, 0) is 14.4 Å². The number of nitrogens with zero attached hydrogens (tertiary/aromatic N) is 1. The summed E-state index contributed by atoms with van der Waals surface area (Å²) in [4.78, 5) is 51.2. The van der Waals surface area contributed by atoms with Gasteiger partial charge < -0.3 is 14.9 Å². The molecule has 1 aliphatic rings. The van der Waals surface area contributed by atoms with Gasteiger partial charge in [0.05, 0.1) is 18.2 Å². The first-order chi connectivity index (χ1) is 10.5. The fourth-order valence-corrected chi connectivity index (χ4v) is 1.89. The van der Waals surface area contributed by atoms with E-state index in [9.17, 15) is 19.2 Å². The number of fused-ring (bicyclic) bond motifs is 1. The second-order valence-corrected chi connectivity index (χ2v) is 4.44. The number of ether oxygens (including phenoxy) is 1. The lowest BCUT2D eigenvalue weighted by Gasteiger charge is -2.12. The van der Waals surface area contributed by atoms with Crippen molar-refractivity contribution in [2.24, 2.45) is 0 Å². The van der Waals surface area contributed by atoms with Crippen molar-refractivity contribution in [2.75, 3.05) is 13.7 Å². The standard InChI is InChI=1S/C14H14N2O6/c1-21-14(20)15-8-4-7-11(17)22-16-12(18)9-5-2-3-6-10(9)13(16)19/h2-3,5-6H,4,7-8H2,1H3,(H,15,20). The summed E-state index contributed by atoms with van der Waals surface area (Å²) < 4.78 is 4.37. The van der Waals surface area contributed by atoms with Gasteiger partial charge in [0, 0.05) is 13.0 Å². The van der Waals surface area contributed by atoms with Crippen molar-refractivity contribution in [3.63, 3.8) is 0 Å². The number of rotatable bonds is 5. The molecule has 1 N–H and O–H groups in total. The van der Waals surface area contributed by atoms with Crippen LogP contribution in [0.2, 0.25) is 0 Å². The van der Waals surface area contributed by atoms with Crippen LogP contribution in [0.5, 0.6) is 0 Å². The van der Waals surface area contributed by atoms with E-state index in [-0.39, 0.29) is 30.5 Å². The molecule has 8 nitrogen and oxygen atoms in total. The van der Waals surface area contributed by atoms with E-state index in [4.69, 9.17) is 4.84 Å². The van der Waals surface area contributed by atoms with Gasteiger partial charge in [0.2, 0.25) is 0 Å². The Morgan fingerprint density at radius 2 is 1.73 bits per heavy atom. The Labute approximate surface area is 125 Å². The van der Waals surface area contributed by atoms with Gasteiger partial charge in [-0.25, -0.2) is 9.59 Å². The average Bonchev–Trinajstić information content (AvgIpc) is 2.77. The summed E-state index contributed by atoms with van der Waals surface area (Å²) in [5.74, 6) is -2.07. The van der Waals surface area contributed by atoms with Crippen molar-refractivity contribution in [1.29, 1.82) is 0 Å². The summed E-state index contributed by atoms with van der Waals surface area (Å²) in [5.41, 5.74) is 0.403. The third kappa shape index (κ3) is 3.22. The molecule has 0 fully saturated rings. The Morgan fingerprint density at radius 1 is 1.14 bits per heavy atom. The number of hydrogen-bond acceptors (Lipinski definition) is 6. The first-order valence-corrected chi connectivity index (χ1v) is 6.55. The summed E-state index contributed by atoms with van der Waals surface area (Å²) in [5, 5.41) is 2.86. The highest BCUT2D eigenvalue weighted by atomic mass is 16.7. The van der Waals surface area contributed by atoms with Crippen molar-refractivity contribution in [3.8, 4) is 0 Å². The van der Waals surface area contributed by atoms with Crippen molar-refractivity contribution >= 4 is 23.9 Å². The van der Waals surface area contributed by atoms with E-state index in [1.165, 1.54) is 19.2 Å². The third-order valence-corrected chi connectivity index (χ3v) is 2.96. The van der Waals surface area contributed by atoms with Crippen LogP contribution in [0.1, 0.15) is 33.6 Å². The molecule has 8 heteroatoms. The minimum Gasteiger partial charge on any atom is -0.453 e. The Kier molecular flexibility index (Phi) is 4.72. The molecule has 0 unspecified atom stereocenters. The lowest BCUT2D eigenvalue weighted by atomic mass is 10.1. The van der Waals surface area contributed by atoms with Crippen LogP contribution in [0.25, 0.3) is 0 Å². The summed E-state index contributed by atoms with van der Waals surface area (Å²) in [6.07, 6.45) is -0.372. The topological polar surface area (TPSA) is 102 Å². The Bertz CT molecular complexity index is 593. The van der Waals surface area contributed by atoms with Gasteiger partial charge in [-0.15, -0.1) is 0 Å². The first-order valence-electron chi connectivity index (χ1n) is 6.55. The van der Waals surface area contributed by atoms with Gasteiger partial charge in [0.15, 0.2) is 0 Å². The second-order valence-electron chi connectivity index (χ2n) is 4.44. The zero-order valence-corrected chi connectivity index (χ0v) is 11.8. The van der Waals surface area contributed by atoms with Gasteiger partial charge in [-0.05, 0) is 18.6 Å². The Morgan fingerprint density at radius 3 is 2.27 bits per heavy atom. The molecule has 1 aromatic rings. The molecular weight excluding hydrogens is 292 g/mol. The molecule has 116 valence electrons. The predicted molar refractivity (Wildman–Crippen MR) is 72.7 cm³/mol. The van der Waals surface area contributed by atoms with Gasteiger partial charge in [0.1, 0.15) is 0 Å². The van der Waals surface area contributed by atoms with E-state index in [0.29, 0.717) is 5.06 Å². The molecule has 0 saturated heterocycles. The maximum Gasteiger partial charge on any atom is 0.406 e. The molecule has 0 saturated carbocycles. The summed E-state index contributed by atoms with van der Waals surface area (Å²) in [7, 11) is 1.23. The molecule has 0 atom stereocenters. The normalized spacial score (nSPS) is 12.9. The monoisotopic (exact) mass is 306 g/mol. The Hall–Kier alpha value is -2.90. The molecule has 1 heterocycles. The number of carbonyl (C=O) groups excluding carboxylic acids is 4. The van der Waals surface area contributed by atoms with Gasteiger partial charge >= 0.3 is 12.1 Å². The van der Waals surface area contributed by atoms with Gasteiger partial charge in [-0.3, -0.25) is 9.59 Å². The van der Waals surface area contributed by atoms with Crippen molar-refractivity contribution in [2.45, 2.75) is 12.8 Å². The smallest absolute Gasteiger partial charge is 0.406 e. The lowest BCUT2D eigenvalue weighted by molar-refractivity contribution is -0.168. The molecule has 0 radical (unpaired) electrons. The molecular formula is C14H14N2O6. The van der Waals surface area contributed by atoms with Crippen LogP contribution in [0.15, 0.2) is 24.3 Å². The van der Waals surface area contributed by atoms with Gasteiger partial charge in [-0.1, -0.05) is 17.2 Å². The van der Waals surface area contributed by atoms with Gasteiger partial charge in [-0.2, -0.15) is 0 Å². The van der Waals surface area contributed by atoms with E-state index < -0.39 is 23.9 Å². The molecule has 3 amide bonds. The van der Waals surface area contributed by atoms with Crippen LogP contribution in [0.4, 0.5) is 4.79 Å². The van der Waals surface area contributed by atoms with Crippen LogP contribution in [-0.4, -0.2) is 42.6 Å². The van der Waals surface area contributed by atoms with E-state index in [0.717, 1.165) is 0 Å². The van der Waals surface area contributed by atoms with E-state index in [2.05, 4.69) is 10.1 Å². The SMILES string of the molecule is COC(=O)NCCCC(=O)ON1C(=O)c2ccccc2C1=O. The van der Waals surface area contributed by atoms with Crippen LogP contribution >= 0.6 is 0 Å². The lowest BCUT2D eigenvalue weighted by Crippen LogP contribution is -2.33. The van der Waals surface area contributed by atoms with Crippen molar-refractivity contribution < 1.29 is 28.8 Å². The van der Waals surface area contributed by atoms with Crippen molar-refractivity contribution in [3.05, 3.63) is 35.4 Å². The minimum atomic E-state index is -0.735. The number of hydroxylamine groups is 2. The van der Waals surface area contributed by atoms with E-state index in [1.807, 2.05) is 0 Å². The molecule has 0 aliphatic carbocycles. The Balaban J connectivity index is 1.85. The third-order valence-electron chi connectivity index (χ3n) is 2.96. The summed E-state index contributed by atoms with van der Waals surface area (Å²) in [6, 6.07) is 6.22. The van der Waals surface area contributed by atoms with Gasteiger partial charge in [0.25, 0.3) is 11.8 Å². The predicted octanol–water partition coefficient (Wildman–Crippen LogP) is 0.877. The largest absolute Gasteiger partial charge is 0.453 e. The number of hydrogen-bond donors (Lipinski definition) is 1. The summed E-state index contributed by atoms with van der Waals surface area (Å²) >= 11 is 0.